The standard InChI is InChI=1S/C10H18N2O2S/c1-2-6-15(13,14)7-5-12-4-3-10(8-11)9-12/h3-4,9H,2,5-8,11H2,1H3. The van der Waals surface area contributed by atoms with Gasteiger partial charge in [-0.15, -0.1) is 0 Å². The van der Waals surface area contributed by atoms with Gasteiger partial charge in [-0.1, -0.05) is 6.92 Å². The average molecular weight is 230 g/mol. The molecule has 15 heavy (non-hydrogen) atoms. The normalized spacial score (nSPS) is 11.9. The Morgan fingerprint density at radius 1 is 1.40 bits per heavy atom. The molecule has 0 saturated heterocycles. The van der Waals surface area contributed by atoms with Crippen LogP contribution in [0.2, 0.25) is 0 Å². The van der Waals surface area contributed by atoms with Crippen LogP contribution in [0, 0.1) is 0 Å². The molecule has 0 unspecified atom stereocenters. The van der Waals surface area contributed by atoms with Gasteiger partial charge in [-0.3, -0.25) is 0 Å². The zero-order valence-corrected chi connectivity index (χ0v) is 9.83. The van der Waals surface area contributed by atoms with Crippen LogP contribution in [-0.2, 0) is 22.9 Å². The van der Waals surface area contributed by atoms with E-state index in [0.717, 1.165) is 5.56 Å². The summed E-state index contributed by atoms with van der Waals surface area (Å²) in [4.78, 5) is 0. The van der Waals surface area contributed by atoms with Crippen molar-refractivity contribution in [2.75, 3.05) is 11.5 Å². The third-order valence-electron chi connectivity index (χ3n) is 2.22. The van der Waals surface area contributed by atoms with E-state index in [-0.39, 0.29) is 11.5 Å². The van der Waals surface area contributed by atoms with Gasteiger partial charge < -0.3 is 10.3 Å². The maximum atomic E-state index is 11.4. The molecule has 2 N–H and O–H groups in total. The van der Waals surface area contributed by atoms with Crippen molar-refractivity contribution in [1.29, 1.82) is 0 Å². The van der Waals surface area contributed by atoms with Gasteiger partial charge in [-0.25, -0.2) is 8.42 Å². The number of nitrogens with zero attached hydrogens (tertiary/aromatic N) is 1. The van der Waals surface area contributed by atoms with E-state index in [1.54, 1.807) is 0 Å². The predicted octanol–water partition coefficient (Wildman–Crippen LogP) is 0.772. The van der Waals surface area contributed by atoms with Crippen LogP contribution >= 0.6 is 0 Å². The van der Waals surface area contributed by atoms with Crippen molar-refractivity contribution in [2.24, 2.45) is 5.73 Å². The Morgan fingerprint density at radius 3 is 2.67 bits per heavy atom. The smallest absolute Gasteiger partial charge is 0.152 e. The number of aromatic nitrogens is 1. The highest BCUT2D eigenvalue weighted by Crippen LogP contribution is 2.02. The summed E-state index contributed by atoms with van der Waals surface area (Å²) in [6.45, 7) is 2.89. The molecule has 0 saturated carbocycles. The fourth-order valence-corrected chi connectivity index (χ4v) is 2.72. The first kappa shape index (κ1) is 12.3. The molecule has 1 aromatic heterocycles. The molecule has 4 nitrogen and oxygen atoms in total. The van der Waals surface area contributed by atoms with Gasteiger partial charge in [0.05, 0.1) is 5.75 Å². The van der Waals surface area contributed by atoms with Crippen LogP contribution in [0.15, 0.2) is 18.5 Å². The van der Waals surface area contributed by atoms with Gasteiger partial charge >= 0.3 is 0 Å². The van der Waals surface area contributed by atoms with E-state index in [1.165, 1.54) is 0 Å². The zero-order chi connectivity index (χ0) is 11.3. The Bertz CT molecular complexity index is 395. The summed E-state index contributed by atoms with van der Waals surface area (Å²) in [5, 5.41) is 0. The summed E-state index contributed by atoms with van der Waals surface area (Å²) in [6, 6.07) is 1.91. The maximum absolute atomic E-state index is 11.4. The number of nitrogens with two attached hydrogens (primary N) is 1. The third-order valence-corrected chi connectivity index (χ3v) is 4.06. The Hall–Kier alpha value is -0.810. The Balaban J connectivity index is 2.50. The van der Waals surface area contributed by atoms with E-state index in [9.17, 15) is 8.42 Å². The van der Waals surface area contributed by atoms with Gasteiger partial charge in [-0.05, 0) is 18.1 Å². The topological polar surface area (TPSA) is 65.1 Å². The number of aryl methyl sites for hydroxylation is 1. The molecule has 0 atom stereocenters. The lowest BCUT2D eigenvalue weighted by Crippen LogP contribution is -2.15. The van der Waals surface area contributed by atoms with Crippen LogP contribution < -0.4 is 5.73 Å². The molecular formula is C10H18N2O2S. The molecule has 1 rings (SSSR count). The largest absolute Gasteiger partial charge is 0.353 e. The molecule has 0 aliphatic heterocycles. The van der Waals surface area contributed by atoms with E-state index in [4.69, 9.17) is 5.73 Å². The van der Waals surface area contributed by atoms with Gasteiger partial charge in [-0.2, -0.15) is 0 Å². The lowest BCUT2D eigenvalue weighted by Gasteiger charge is -2.03. The van der Waals surface area contributed by atoms with Crippen LogP contribution in [-0.4, -0.2) is 24.5 Å². The van der Waals surface area contributed by atoms with Crippen molar-refractivity contribution < 1.29 is 8.42 Å². The van der Waals surface area contributed by atoms with Gasteiger partial charge in [0.15, 0.2) is 9.84 Å². The minimum absolute atomic E-state index is 0.208. The first-order valence-electron chi connectivity index (χ1n) is 5.12. The molecule has 0 spiro atoms. The SMILES string of the molecule is CCCS(=O)(=O)CCn1ccc(CN)c1. The molecule has 1 aromatic rings. The summed E-state index contributed by atoms with van der Waals surface area (Å²) >= 11 is 0. The zero-order valence-electron chi connectivity index (χ0n) is 9.02. The van der Waals surface area contributed by atoms with Gasteiger partial charge in [0.2, 0.25) is 0 Å². The quantitative estimate of drug-likeness (QED) is 0.785. The van der Waals surface area contributed by atoms with Crippen molar-refractivity contribution in [1.82, 2.24) is 4.57 Å². The Kier molecular flexibility index (Phi) is 4.35. The summed E-state index contributed by atoms with van der Waals surface area (Å²) in [5.41, 5.74) is 6.49. The Morgan fingerprint density at radius 2 is 2.13 bits per heavy atom. The minimum Gasteiger partial charge on any atom is -0.353 e. The molecule has 0 bridgehead atoms. The number of sulfone groups is 1. The van der Waals surface area contributed by atoms with Crippen molar-refractivity contribution >= 4 is 9.84 Å². The van der Waals surface area contributed by atoms with E-state index in [2.05, 4.69) is 0 Å². The second-order valence-electron chi connectivity index (χ2n) is 3.61. The fraction of sp³-hybridized carbons (Fsp3) is 0.600. The van der Waals surface area contributed by atoms with Gasteiger partial charge in [0.25, 0.3) is 0 Å². The second-order valence-corrected chi connectivity index (χ2v) is 5.92. The van der Waals surface area contributed by atoms with E-state index in [0.29, 0.717) is 19.5 Å². The molecule has 5 heteroatoms. The molecule has 0 aliphatic carbocycles. The van der Waals surface area contributed by atoms with Gasteiger partial charge in [0.1, 0.15) is 0 Å². The summed E-state index contributed by atoms with van der Waals surface area (Å²) in [5.74, 6) is 0.484. The van der Waals surface area contributed by atoms with Crippen LogP contribution in [0.25, 0.3) is 0 Å². The molecule has 0 aromatic carbocycles. The second kappa shape index (κ2) is 5.32. The van der Waals surface area contributed by atoms with E-state index in [1.807, 2.05) is 30.0 Å². The van der Waals surface area contributed by atoms with Crippen molar-refractivity contribution in [3.05, 3.63) is 24.0 Å². The first-order chi connectivity index (χ1) is 7.07. The molecule has 0 amide bonds. The number of rotatable bonds is 6. The maximum Gasteiger partial charge on any atom is 0.152 e. The summed E-state index contributed by atoms with van der Waals surface area (Å²) < 4.78 is 24.8. The first-order valence-corrected chi connectivity index (χ1v) is 6.94. The third kappa shape index (κ3) is 4.05. The van der Waals surface area contributed by atoms with Crippen molar-refractivity contribution in [2.45, 2.75) is 26.4 Å². The van der Waals surface area contributed by atoms with Crippen LogP contribution in [0.3, 0.4) is 0 Å². The highest BCUT2D eigenvalue weighted by molar-refractivity contribution is 7.91. The highest BCUT2D eigenvalue weighted by atomic mass is 32.2. The molecule has 0 fully saturated rings. The van der Waals surface area contributed by atoms with Crippen molar-refractivity contribution in [3.8, 4) is 0 Å². The van der Waals surface area contributed by atoms with E-state index < -0.39 is 9.84 Å². The summed E-state index contributed by atoms with van der Waals surface area (Å²) in [6.07, 6.45) is 4.44. The Labute approximate surface area is 91.0 Å². The lowest BCUT2D eigenvalue weighted by atomic mass is 10.4. The minimum atomic E-state index is -2.88. The average Bonchev–Trinajstić information content (AvgIpc) is 2.62. The van der Waals surface area contributed by atoms with Gasteiger partial charge in [0, 0.05) is 31.2 Å². The van der Waals surface area contributed by atoms with Crippen LogP contribution in [0.4, 0.5) is 0 Å². The number of hydrogen-bond acceptors (Lipinski definition) is 3. The molecular weight excluding hydrogens is 212 g/mol. The van der Waals surface area contributed by atoms with Crippen molar-refractivity contribution in [3.63, 3.8) is 0 Å². The summed E-state index contributed by atoms with van der Waals surface area (Å²) in [7, 11) is -2.88. The molecule has 86 valence electrons. The van der Waals surface area contributed by atoms with E-state index >= 15 is 0 Å². The highest BCUT2D eigenvalue weighted by Gasteiger charge is 2.08. The number of hydrogen-bond donors (Lipinski definition) is 1. The van der Waals surface area contributed by atoms with Crippen LogP contribution in [0.5, 0.6) is 0 Å². The predicted molar refractivity (Wildman–Crippen MR) is 61.3 cm³/mol. The monoisotopic (exact) mass is 230 g/mol. The fourth-order valence-electron chi connectivity index (χ4n) is 1.41. The molecule has 0 aliphatic rings. The molecule has 0 radical (unpaired) electrons. The van der Waals surface area contributed by atoms with Crippen LogP contribution in [0.1, 0.15) is 18.9 Å². The lowest BCUT2D eigenvalue weighted by molar-refractivity contribution is 0.587. The molecule has 1 heterocycles.